The summed E-state index contributed by atoms with van der Waals surface area (Å²) in [6, 6.07) is 6.96. The van der Waals surface area contributed by atoms with Crippen molar-refractivity contribution >= 4 is 23.4 Å². The van der Waals surface area contributed by atoms with Gasteiger partial charge in [0.15, 0.2) is 0 Å². The Kier molecular flexibility index (Phi) is 4.83. The SMILES string of the molecule is O=Nc1cccc(SCCCC(=O)O)c1. The fourth-order valence-electron chi connectivity index (χ4n) is 1.04. The maximum absolute atomic E-state index is 10.2. The molecule has 0 unspecified atom stereocenters. The number of nitrogens with zero attached hydrogens (tertiary/aromatic N) is 1. The van der Waals surface area contributed by atoms with E-state index in [0.717, 1.165) is 10.6 Å². The molecule has 0 aliphatic heterocycles. The Bertz CT molecular complexity index is 354. The molecule has 0 atom stereocenters. The van der Waals surface area contributed by atoms with Crippen LogP contribution < -0.4 is 0 Å². The molecule has 1 aromatic carbocycles. The van der Waals surface area contributed by atoms with Crippen LogP contribution in [0.2, 0.25) is 0 Å². The van der Waals surface area contributed by atoms with Crippen LogP contribution in [0.25, 0.3) is 0 Å². The normalized spacial score (nSPS) is 9.87. The first kappa shape index (κ1) is 11.7. The lowest BCUT2D eigenvalue weighted by Crippen LogP contribution is -1.94. The van der Waals surface area contributed by atoms with Crippen LogP contribution in [0, 0.1) is 4.91 Å². The second kappa shape index (κ2) is 6.19. The lowest BCUT2D eigenvalue weighted by atomic mass is 10.3. The predicted octanol–water partition coefficient (Wildman–Crippen LogP) is 3.04. The minimum absolute atomic E-state index is 0.179. The first-order chi connectivity index (χ1) is 7.22. The average Bonchev–Trinajstić information content (AvgIpc) is 2.24. The minimum Gasteiger partial charge on any atom is -0.481 e. The van der Waals surface area contributed by atoms with Gasteiger partial charge < -0.3 is 5.11 Å². The van der Waals surface area contributed by atoms with E-state index in [2.05, 4.69) is 5.18 Å². The van der Waals surface area contributed by atoms with Crippen LogP contribution in [0.4, 0.5) is 5.69 Å². The second-order valence-corrected chi connectivity index (χ2v) is 4.10. The number of hydrogen-bond acceptors (Lipinski definition) is 4. The number of carbonyl (C=O) groups is 1. The number of carboxylic acids is 1. The van der Waals surface area contributed by atoms with Gasteiger partial charge in [-0.05, 0) is 35.5 Å². The number of aliphatic carboxylic acids is 1. The Labute approximate surface area is 91.7 Å². The van der Waals surface area contributed by atoms with E-state index in [9.17, 15) is 9.70 Å². The minimum atomic E-state index is -0.779. The topological polar surface area (TPSA) is 66.7 Å². The molecule has 0 fully saturated rings. The summed E-state index contributed by atoms with van der Waals surface area (Å²) >= 11 is 1.53. The zero-order chi connectivity index (χ0) is 11.1. The maximum Gasteiger partial charge on any atom is 0.303 e. The van der Waals surface area contributed by atoms with Crippen molar-refractivity contribution in [3.8, 4) is 0 Å². The zero-order valence-corrected chi connectivity index (χ0v) is 8.87. The monoisotopic (exact) mass is 225 g/mol. The molecule has 5 heteroatoms. The summed E-state index contributed by atoms with van der Waals surface area (Å²) in [5, 5.41) is 11.3. The summed E-state index contributed by atoms with van der Waals surface area (Å²) in [5.74, 6) is -0.0480. The summed E-state index contributed by atoms with van der Waals surface area (Å²) in [5.41, 5.74) is 0.401. The van der Waals surface area contributed by atoms with E-state index < -0.39 is 5.97 Å². The van der Waals surface area contributed by atoms with Gasteiger partial charge in [-0.2, -0.15) is 0 Å². The van der Waals surface area contributed by atoms with E-state index in [0.29, 0.717) is 12.1 Å². The summed E-state index contributed by atoms with van der Waals surface area (Å²) in [4.78, 5) is 21.4. The van der Waals surface area contributed by atoms with E-state index in [1.165, 1.54) is 11.8 Å². The van der Waals surface area contributed by atoms with Crippen LogP contribution in [0.15, 0.2) is 34.3 Å². The zero-order valence-electron chi connectivity index (χ0n) is 8.05. The molecule has 80 valence electrons. The maximum atomic E-state index is 10.2. The Morgan fingerprint density at radius 2 is 2.27 bits per heavy atom. The van der Waals surface area contributed by atoms with Crippen molar-refractivity contribution in [2.24, 2.45) is 5.18 Å². The summed E-state index contributed by atoms with van der Waals surface area (Å²) in [6.45, 7) is 0. The first-order valence-electron chi connectivity index (χ1n) is 4.50. The Balaban J connectivity index is 2.37. The van der Waals surface area contributed by atoms with Crippen LogP contribution in [0.1, 0.15) is 12.8 Å². The van der Waals surface area contributed by atoms with Crippen molar-refractivity contribution in [3.05, 3.63) is 29.2 Å². The fourth-order valence-corrected chi connectivity index (χ4v) is 1.95. The molecule has 0 spiro atoms. The molecule has 1 rings (SSSR count). The molecule has 1 N–H and O–H groups in total. The Morgan fingerprint density at radius 3 is 2.93 bits per heavy atom. The third-order valence-corrected chi connectivity index (χ3v) is 2.81. The third-order valence-electron chi connectivity index (χ3n) is 1.73. The molecule has 0 aliphatic carbocycles. The van der Waals surface area contributed by atoms with E-state index in [4.69, 9.17) is 5.11 Å². The molecule has 4 nitrogen and oxygen atoms in total. The number of nitroso groups, excluding NO2 is 1. The smallest absolute Gasteiger partial charge is 0.303 e. The average molecular weight is 225 g/mol. The van der Waals surface area contributed by atoms with Crippen molar-refractivity contribution in [1.82, 2.24) is 0 Å². The molecule has 0 aliphatic rings. The molecule has 15 heavy (non-hydrogen) atoms. The van der Waals surface area contributed by atoms with E-state index in [1.54, 1.807) is 18.2 Å². The van der Waals surface area contributed by atoms with Gasteiger partial charge in [-0.25, -0.2) is 0 Å². The lowest BCUT2D eigenvalue weighted by Gasteiger charge is -2.00. The third kappa shape index (κ3) is 4.60. The van der Waals surface area contributed by atoms with Crippen molar-refractivity contribution < 1.29 is 9.90 Å². The second-order valence-electron chi connectivity index (χ2n) is 2.93. The standard InChI is InChI=1S/C10H11NO3S/c12-10(13)5-2-6-15-9-4-1-3-8(7-9)11-14/h1,3-4,7H,2,5-6H2,(H,12,13). The van der Waals surface area contributed by atoms with Gasteiger partial charge in [-0.1, -0.05) is 6.07 Å². The number of carboxylic acid groups (broad SMARTS) is 1. The van der Waals surface area contributed by atoms with E-state index >= 15 is 0 Å². The highest BCUT2D eigenvalue weighted by atomic mass is 32.2. The molecule has 0 radical (unpaired) electrons. The molecule has 0 heterocycles. The summed E-state index contributed by atoms with van der Waals surface area (Å²) in [7, 11) is 0. The first-order valence-corrected chi connectivity index (χ1v) is 5.49. The molecule has 0 bridgehead atoms. The van der Waals surface area contributed by atoms with Gasteiger partial charge in [-0.3, -0.25) is 4.79 Å². The number of benzene rings is 1. The van der Waals surface area contributed by atoms with Gasteiger partial charge in [0.05, 0.1) is 0 Å². The van der Waals surface area contributed by atoms with Gasteiger partial charge in [0, 0.05) is 11.3 Å². The molecule has 0 saturated carbocycles. The van der Waals surface area contributed by atoms with Gasteiger partial charge in [0.25, 0.3) is 0 Å². The molecular weight excluding hydrogens is 214 g/mol. The van der Waals surface area contributed by atoms with E-state index in [1.807, 2.05) is 6.07 Å². The van der Waals surface area contributed by atoms with Crippen molar-refractivity contribution in [2.75, 3.05) is 5.75 Å². The highest BCUT2D eigenvalue weighted by Gasteiger charge is 1.99. The van der Waals surface area contributed by atoms with Gasteiger partial charge >= 0.3 is 5.97 Å². The van der Waals surface area contributed by atoms with E-state index in [-0.39, 0.29) is 6.42 Å². The van der Waals surface area contributed by atoms with Crippen LogP contribution >= 0.6 is 11.8 Å². The molecule has 0 amide bonds. The fraction of sp³-hybridized carbons (Fsp3) is 0.300. The molecule has 1 aromatic rings. The Morgan fingerprint density at radius 1 is 1.47 bits per heavy atom. The van der Waals surface area contributed by atoms with Crippen LogP contribution in [-0.4, -0.2) is 16.8 Å². The highest BCUT2D eigenvalue weighted by molar-refractivity contribution is 7.99. The summed E-state index contributed by atoms with van der Waals surface area (Å²) in [6.07, 6.45) is 0.803. The molecule has 0 aromatic heterocycles. The lowest BCUT2D eigenvalue weighted by molar-refractivity contribution is -0.137. The number of hydrogen-bond donors (Lipinski definition) is 1. The number of rotatable bonds is 6. The molecule has 0 saturated heterocycles. The Hall–Kier alpha value is -1.36. The largest absolute Gasteiger partial charge is 0.481 e. The van der Waals surface area contributed by atoms with Gasteiger partial charge in [0.2, 0.25) is 0 Å². The van der Waals surface area contributed by atoms with Gasteiger partial charge in [0.1, 0.15) is 5.69 Å². The van der Waals surface area contributed by atoms with Crippen LogP contribution in [-0.2, 0) is 4.79 Å². The number of thioether (sulfide) groups is 1. The predicted molar refractivity (Wildman–Crippen MR) is 59.5 cm³/mol. The van der Waals surface area contributed by atoms with Gasteiger partial charge in [-0.15, -0.1) is 16.7 Å². The van der Waals surface area contributed by atoms with Crippen LogP contribution in [0.5, 0.6) is 0 Å². The van der Waals surface area contributed by atoms with Crippen molar-refractivity contribution in [2.45, 2.75) is 17.7 Å². The molecular formula is C10H11NO3S. The van der Waals surface area contributed by atoms with Crippen LogP contribution in [0.3, 0.4) is 0 Å². The highest BCUT2D eigenvalue weighted by Crippen LogP contribution is 2.23. The summed E-state index contributed by atoms with van der Waals surface area (Å²) < 4.78 is 0. The quantitative estimate of drug-likeness (QED) is 0.459. The van der Waals surface area contributed by atoms with Crippen molar-refractivity contribution in [1.29, 1.82) is 0 Å². The van der Waals surface area contributed by atoms with Crippen molar-refractivity contribution in [3.63, 3.8) is 0 Å².